The van der Waals surface area contributed by atoms with Crippen LogP contribution in [0.3, 0.4) is 0 Å². The van der Waals surface area contributed by atoms with Crippen LogP contribution in [0.25, 0.3) is 0 Å². The number of hydrogen-bond donors (Lipinski definition) is 1. The predicted molar refractivity (Wildman–Crippen MR) is 88.1 cm³/mol. The predicted octanol–water partition coefficient (Wildman–Crippen LogP) is 3.84. The molecule has 0 spiro atoms. The monoisotopic (exact) mass is 362 g/mol. The zero-order chi connectivity index (χ0) is 13.8. The van der Waals surface area contributed by atoms with E-state index in [1.165, 1.54) is 0 Å². The third-order valence-electron chi connectivity index (χ3n) is 3.59. The van der Waals surface area contributed by atoms with Gasteiger partial charge in [0, 0.05) is 42.3 Å². The fraction of sp³-hybridized carbons (Fsp3) is 0.467. The summed E-state index contributed by atoms with van der Waals surface area (Å²) in [6.07, 6.45) is 2.65. The summed E-state index contributed by atoms with van der Waals surface area (Å²) in [5, 5.41) is 3.33. The summed E-state index contributed by atoms with van der Waals surface area (Å²) in [4.78, 5) is 2.34. The minimum Gasteiger partial charge on any atom is -0.314 e. The van der Waals surface area contributed by atoms with E-state index in [0.717, 1.165) is 42.6 Å². The lowest BCUT2D eigenvalue weighted by Crippen LogP contribution is -2.45. The second kappa shape index (κ2) is 8.13. The van der Waals surface area contributed by atoms with Crippen LogP contribution >= 0.6 is 28.3 Å². The summed E-state index contributed by atoms with van der Waals surface area (Å²) in [7, 11) is 0. The van der Waals surface area contributed by atoms with Crippen molar-refractivity contribution in [2.45, 2.75) is 19.4 Å². The molecule has 0 unspecified atom stereocenters. The van der Waals surface area contributed by atoms with Crippen LogP contribution in [0, 0.1) is 12.7 Å². The molecule has 112 valence electrons. The molecule has 1 aliphatic heterocycles. The molecule has 5 heteroatoms. The van der Waals surface area contributed by atoms with E-state index in [4.69, 9.17) is 0 Å². The first kappa shape index (κ1) is 17.6. The number of benzene rings is 1. The Morgan fingerprint density at radius 1 is 1.45 bits per heavy atom. The zero-order valence-corrected chi connectivity index (χ0v) is 14.1. The van der Waals surface area contributed by atoms with Gasteiger partial charge in [-0.25, -0.2) is 4.39 Å². The van der Waals surface area contributed by atoms with Crippen molar-refractivity contribution in [3.63, 3.8) is 0 Å². The maximum absolute atomic E-state index is 14.4. The fourth-order valence-corrected chi connectivity index (χ4v) is 3.21. The molecule has 0 aromatic heterocycles. The lowest BCUT2D eigenvalue weighted by Gasteiger charge is -2.35. The maximum Gasteiger partial charge on any atom is 0.130 e. The topological polar surface area (TPSA) is 15.3 Å². The summed E-state index contributed by atoms with van der Waals surface area (Å²) in [6, 6.07) is 3.80. The molecule has 1 atom stereocenters. The third-order valence-corrected chi connectivity index (χ3v) is 4.05. The maximum atomic E-state index is 14.4. The number of nitrogens with zero attached hydrogens (tertiary/aromatic N) is 1. The van der Waals surface area contributed by atoms with E-state index in [1.807, 2.05) is 25.1 Å². The smallest absolute Gasteiger partial charge is 0.130 e. The van der Waals surface area contributed by atoms with Gasteiger partial charge in [0.15, 0.2) is 0 Å². The summed E-state index contributed by atoms with van der Waals surface area (Å²) in [6.45, 7) is 9.45. The molecule has 0 radical (unpaired) electrons. The highest BCUT2D eigenvalue weighted by atomic mass is 79.9. The van der Waals surface area contributed by atoms with Gasteiger partial charge in [0.2, 0.25) is 0 Å². The minimum absolute atomic E-state index is 0. The van der Waals surface area contributed by atoms with Crippen LogP contribution in [-0.2, 0) is 0 Å². The van der Waals surface area contributed by atoms with Crippen LogP contribution < -0.4 is 5.32 Å². The molecule has 1 saturated heterocycles. The van der Waals surface area contributed by atoms with Crippen LogP contribution in [0.2, 0.25) is 0 Å². The molecular weight excluding hydrogens is 343 g/mol. The van der Waals surface area contributed by atoms with E-state index in [1.54, 1.807) is 0 Å². The number of aryl methyl sites for hydroxylation is 1. The summed E-state index contributed by atoms with van der Waals surface area (Å²) in [5.74, 6) is -0.0893. The number of nitrogens with one attached hydrogen (secondary N) is 1. The summed E-state index contributed by atoms with van der Waals surface area (Å²) < 4.78 is 15.3. The Bertz CT molecular complexity index is 461. The molecule has 1 aromatic carbocycles. The van der Waals surface area contributed by atoms with Crippen LogP contribution in [-0.4, -0.2) is 31.1 Å². The first-order valence-electron chi connectivity index (χ1n) is 6.64. The van der Waals surface area contributed by atoms with Gasteiger partial charge in [-0.3, -0.25) is 4.90 Å². The molecule has 1 aliphatic rings. The summed E-state index contributed by atoms with van der Waals surface area (Å²) in [5.41, 5.74) is 1.46. The van der Waals surface area contributed by atoms with Crippen molar-refractivity contribution in [2.75, 3.05) is 26.2 Å². The Hall–Kier alpha value is -0.420. The molecule has 0 aliphatic carbocycles. The average molecular weight is 364 g/mol. The van der Waals surface area contributed by atoms with E-state index < -0.39 is 0 Å². The van der Waals surface area contributed by atoms with Gasteiger partial charge in [0.25, 0.3) is 0 Å². The lowest BCUT2D eigenvalue weighted by molar-refractivity contribution is 0.171. The van der Waals surface area contributed by atoms with Crippen molar-refractivity contribution in [3.8, 4) is 0 Å². The van der Waals surface area contributed by atoms with E-state index in [9.17, 15) is 4.39 Å². The highest BCUT2D eigenvalue weighted by Crippen LogP contribution is 2.31. The Morgan fingerprint density at radius 2 is 2.10 bits per heavy atom. The van der Waals surface area contributed by atoms with Gasteiger partial charge >= 0.3 is 0 Å². The van der Waals surface area contributed by atoms with E-state index in [0.29, 0.717) is 5.56 Å². The molecule has 1 N–H and O–H groups in total. The lowest BCUT2D eigenvalue weighted by atomic mass is 9.98. The zero-order valence-electron chi connectivity index (χ0n) is 11.7. The van der Waals surface area contributed by atoms with Crippen molar-refractivity contribution >= 4 is 28.3 Å². The van der Waals surface area contributed by atoms with Gasteiger partial charge in [-0.15, -0.1) is 19.0 Å². The molecule has 0 bridgehead atoms. The SMILES string of the molecule is C=CC[C@@H](c1cc(Br)cc(C)c1F)N1CCNCC1.Cl. The van der Waals surface area contributed by atoms with Crippen LogP contribution in [0.15, 0.2) is 29.3 Å². The highest BCUT2D eigenvalue weighted by Gasteiger charge is 2.24. The normalized spacial score (nSPS) is 17.4. The standard InChI is InChI=1S/C15H20BrFN2.ClH/c1-3-4-14(19-7-5-18-6-8-19)13-10-12(16)9-11(2)15(13)17;/h3,9-10,14,18H,1,4-8H2,2H3;1H/t14-;/m0./s1. The Labute approximate surface area is 135 Å². The molecule has 2 nitrogen and oxygen atoms in total. The number of rotatable bonds is 4. The highest BCUT2D eigenvalue weighted by molar-refractivity contribution is 9.10. The van der Waals surface area contributed by atoms with Crippen molar-refractivity contribution < 1.29 is 4.39 Å². The van der Waals surface area contributed by atoms with Gasteiger partial charge in [-0.05, 0) is 31.0 Å². The molecule has 2 rings (SSSR count). The van der Waals surface area contributed by atoms with E-state index >= 15 is 0 Å². The summed E-state index contributed by atoms with van der Waals surface area (Å²) >= 11 is 3.47. The van der Waals surface area contributed by atoms with Gasteiger partial charge in [0.1, 0.15) is 5.82 Å². The quantitative estimate of drug-likeness (QED) is 0.818. The van der Waals surface area contributed by atoms with Crippen LogP contribution in [0.1, 0.15) is 23.6 Å². The van der Waals surface area contributed by atoms with Crippen molar-refractivity contribution in [1.29, 1.82) is 0 Å². The van der Waals surface area contributed by atoms with E-state index in [2.05, 4.69) is 32.7 Å². The van der Waals surface area contributed by atoms with Gasteiger partial charge < -0.3 is 5.32 Å². The molecule has 1 aromatic rings. The Kier molecular flexibility index (Phi) is 7.17. The first-order chi connectivity index (χ1) is 9.13. The van der Waals surface area contributed by atoms with Gasteiger partial charge in [-0.2, -0.15) is 0 Å². The second-order valence-corrected chi connectivity index (χ2v) is 5.87. The molecule has 1 fully saturated rings. The van der Waals surface area contributed by atoms with Gasteiger partial charge in [-0.1, -0.05) is 22.0 Å². The molecule has 0 amide bonds. The largest absolute Gasteiger partial charge is 0.314 e. The third kappa shape index (κ3) is 4.04. The average Bonchev–Trinajstić information content (AvgIpc) is 2.41. The molecule has 1 heterocycles. The van der Waals surface area contributed by atoms with Crippen LogP contribution in [0.5, 0.6) is 0 Å². The second-order valence-electron chi connectivity index (χ2n) is 4.95. The van der Waals surface area contributed by atoms with E-state index in [-0.39, 0.29) is 24.3 Å². The van der Waals surface area contributed by atoms with Crippen molar-refractivity contribution in [1.82, 2.24) is 10.2 Å². The fourth-order valence-electron chi connectivity index (χ4n) is 2.62. The van der Waals surface area contributed by atoms with Crippen LogP contribution in [0.4, 0.5) is 4.39 Å². The Balaban J connectivity index is 0.00000200. The Morgan fingerprint density at radius 3 is 2.70 bits per heavy atom. The molecule has 20 heavy (non-hydrogen) atoms. The number of halogens is 3. The molecular formula is C15H21BrClFN2. The van der Waals surface area contributed by atoms with Crippen molar-refractivity contribution in [2.24, 2.45) is 0 Å². The number of hydrogen-bond acceptors (Lipinski definition) is 2. The first-order valence-corrected chi connectivity index (χ1v) is 7.44. The van der Waals surface area contributed by atoms with Crippen molar-refractivity contribution in [3.05, 3.63) is 46.2 Å². The number of piperazine rings is 1. The minimum atomic E-state index is -0.0893. The molecule has 0 saturated carbocycles. The van der Waals surface area contributed by atoms with Gasteiger partial charge in [0.05, 0.1) is 0 Å².